The lowest BCUT2D eigenvalue weighted by atomic mass is 10.1. The van der Waals surface area contributed by atoms with E-state index in [-0.39, 0.29) is 24.2 Å². The van der Waals surface area contributed by atoms with Gasteiger partial charge in [0.2, 0.25) is 11.8 Å². The summed E-state index contributed by atoms with van der Waals surface area (Å²) in [5.41, 5.74) is 0.830. The van der Waals surface area contributed by atoms with Crippen LogP contribution in [0.5, 0.6) is 0 Å². The topological polar surface area (TPSA) is 49.9 Å². The van der Waals surface area contributed by atoms with Crippen molar-refractivity contribution in [3.8, 4) is 0 Å². The minimum absolute atomic E-state index is 0.00161. The largest absolute Gasteiger partial charge is 0.385 e. The van der Waals surface area contributed by atoms with E-state index < -0.39 is 0 Å². The molecule has 1 atom stereocenters. The second-order valence-electron chi connectivity index (χ2n) is 5.49. The first kappa shape index (κ1) is 17.0. The van der Waals surface area contributed by atoms with Crippen LogP contribution in [-0.2, 0) is 14.3 Å². The molecule has 1 aromatic rings. The fraction of sp³-hybridized carbons (Fsp3) is 0.500. The number of halogens is 1. The zero-order valence-electron chi connectivity index (χ0n) is 12.9. The molecule has 0 aliphatic carbocycles. The highest BCUT2D eigenvalue weighted by atomic mass is 79.9. The van der Waals surface area contributed by atoms with Crippen molar-refractivity contribution in [1.29, 1.82) is 0 Å². The van der Waals surface area contributed by atoms with Crippen LogP contribution in [0, 0.1) is 5.92 Å². The van der Waals surface area contributed by atoms with Crippen LogP contribution in [0.2, 0.25) is 0 Å². The standard InChI is InChI=1S/C16H21BrN2O3/c1-18(7-4-8-22-2)16(21)12-9-15(20)19(11-12)14-6-3-5-13(17)10-14/h3,5-6,10,12H,4,7-9,11H2,1-2H3/t12-/m1/s1. The van der Waals surface area contributed by atoms with E-state index in [1.165, 1.54) is 0 Å². The number of methoxy groups -OCH3 is 1. The normalized spacial score (nSPS) is 17.9. The van der Waals surface area contributed by atoms with E-state index in [1.807, 2.05) is 24.3 Å². The number of hydrogen-bond donors (Lipinski definition) is 0. The van der Waals surface area contributed by atoms with Gasteiger partial charge in [-0.25, -0.2) is 0 Å². The quantitative estimate of drug-likeness (QED) is 0.723. The van der Waals surface area contributed by atoms with Crippen LogP contribution in [0.15, 0.2) is 28.7 Å². The van der Waals surface area contributed by atoms with Gasteiger partial charge in [0.05, 0.1) is 5.92 Å². The maximum absolute atomic E-state index is 12.4. The first-order valence-electron chi connectivity index (χ1n) is 7.32. The Morgan fingerprint density at radius 1 is 1.50 bits per heavy atom. The van der Waals surface area contributed by atoms with E-state index >= 15 is 0 Å². The van der Waals surface area contributed by atoms with Gasteiger partial charge < -0.3 is 14.5 Å². The zero-order chi connectivity index (χ0) is 16.1. The molecular formula is C16H21BrN2O3. The van der Waals surface area contributed by atoms with E-state index in [2.05, 4.69) is 15.9 Å². The van der Waals surface area contributed by atoms with Gasteiger partial charge in [-0.05, 0) is 24.6 Å². The molecule has 22 heavy (non-hydrogen) atoms. The molecule has 0 spiro atoms. The highest BCUT2D eigenvalue weighted by Crippen LogP contribution is 2.28. The minimum atomic E-state index is -0.265. The van der Waals surface area contributed by atoms with E-state index in [4.69, 9.17) is 4.74 Å². The van der Waals surface area contributed by atoms with E-state index in [1.54, 1.807) is 24.0 Å². The second kappa shape index (κ2) is 7.74. The molecule has 0 aromatic heterocycles. The summed E-state index contributed by atoms with van der Waals surface area (Å²) in [5, 5.41) is 0. The lowest BCUT2D eigenvalue weighted by Crippen LogP contribution is -2.35. The summed E-state index contributed by atoms with van der Waals surface area (Å²) in [6, 6.07) is 7.58. The van der Waals surface area contributed by atoms with Gasteiger partial charge in [-0.3, -0.25) is 9.59 Å². The highest BCUT2D eigenvalue weighted by Gasteiger charge is 2.36. The van der Waals surface area contributed by atoms with Gasteiger partial charge in [0.15, 0.2) is 0 Å². The molecule has 5 nitrogen and oxygen atoms in total. The van der Waals surface area contributed by atoms with Crippen molar-refractivity contribution in [3.63, 3.8) is 0 Å². The predicted octanol–water partition coefficient (Wildman–Crippen LogP) is 2.30. The lowest BCUT2D eigenvalue weighted by Gasteiger charge is -2.21. The van der Waals surface area contributed by atoms with Crippen LogP contribution in [0.1, 0.15) is 12.8 Å². The number of rotatable bonds is 6. The lowest BCUT2D eigenvalue weighted by molar-refractivity contribution is -0.134. The van der Waals surface area contributed by atoms with Crippen molar-refractivity contribution < 1.29 is 14.3 Å². The molecule has 1 aliphatic heterocycles. The number of amides is 2. The molecule has 0 unspecified atom stereocenters. The number of carbonyl (C=O) groups excluding carboxylic acids is 2. The number of anilines is 1. The molecule has 1 aromatic carbocycles. The summed E-state index contributed by atoms with van der Waals surface area (Å²) in [4.78, 5) is 28.0. The van der Waals surface area contributed by atoms with Crippen LogP contribution in [0.25, 0.3) is 0 Å². The van der Waals surface area contributed by atoms with Crippen molar-refractivity contribution in [2.45, 2.75) is 12.8 Å². The summed E-state index contributed by atoms with van der Waals surface area (Å²) in [7, 11) is 3.43. The van der Waals surface area contributed by atoms with Crippen LogP contribution < -0.4 is 4.90 Å². The molecule has 2 rings (SSSR count). The van der Waals surface area contributed by atoms with Gasteiger partial charge in [-0.15, -0.1) is 0 Å². The predicted molar refractivity (Wildman–Crippen MR) is 88.7 cm³/mol. The molecule has 0 saturated carbocycles. The Balaban J connectivity index is 1.98. The summed E-state index contributed by atoms with van der Waals surface area (Å²) >= 11 is 3.41. The molecule has 2 amide bonds. The van der Waals surface area contributed by atoms with Gasteiger partial charge in [-0.2, -0.15) is 0 Å². The van der Waals surface area contributed by atoms with E-state index in [9.17, 15) is 9.59 Å². The van der Waals surface area contributed by atoms with Crippen LogP contribution in [-0.4, -0.2) is 50.6 Å². The molecule has 1 saturated heterocycles. The summed E-state index contributed by atoms with van der Waals surface area (Å²) in [5.74, 6) is -0.234. The third-order valence-corrected chi connectivity index (χ3v) is 4.31. The molecule has 6 heteroatoms. The highest BCUT2D eigenvalue weighted by molar-refractivity contribution is 9.10. The van der Waals surface area contributed by atoms with Gasteiger partial charge >= 0.3 is 0 Å². The average molecular weight is 369 g/mol. The Morgan fingerprint density at radius 2 is 2.27 bits per heavy atom. The number of ether oxygens (including phenoxy) is 1. The SMILES string of the molecule is COCCCN(C)C(=O)[C@@H]1CC(=O)N(c2cccc(Br)c2)C1. The van der Waals surface area contributed by atoms with E-state index in [0.717, 1.165) is 16.6 Å². The molecule has 1 fully saturated rings. The first-order valence-corrected chi connectivity index (χ1v) is 8.12. The second-order valence-corrected chi connectivity index (χ2v) is 6.41. The summed E-state index contributed by atoms with van der Waals surface area (Å²) in [6.07, 6.45) is 1.08. The Bertz CT molecular complexity index is 550. The number of carbonyl (C=O) groups is 2. The number of hydrogen-bond acceptors (Lipinski definition) is 3. The Kier molecular flexibility index (Phi) is 5.97. The molecule has 1 aliphatic rings. The molecule has 0 bridgehead atoms. The third-order valence-electron chi connectivity index (χ3n) is 3.81. The zero-order valence-corrected chi connectivity index (χ0v) is 14.5. The molecule has 120 valence electrons. The fourth-order valence-electron chi connectivity index (χ4n) is 2.63. The fourth-order valence-corrected chi connectivity index (χ4v) is 3.02. The minimum Gasteiger partial charge on any atom is -0.385 e. The smallest absolute Gasteiger partial charge is 0.227 e. The third kappa shape index (κ3) is 4.08. The molecule has 0 N–H and O–H groups in total. The number of nitrogens with zero attached hydrogens (tertiary/aromatic N) is 2. The number of benzene rings is 1. The molecule has 1 heterocycles. The van der Waals surface area contributed by atoms with Crippen LogP contribution in [0.3, 0.4) is 0 Å². The van der Waals surface area contributed by atoms with Crippen molar-refractivity contribution in [2.75, 3.05) is 38.8 Å². The van der Waals surface area contributed by atoms with Gasteiger partial charge in [0.25, 0.3) is 0 Å². The Labute approximate surface area is 139 Å². The van der Waals surface area contributed by atoms with Crippen molar-refractivity contribution in [2.24, 2.45) is 5.92 Å². The summed E-state index contributed by atoms with van der Waals surface area (Å²) in [6.45, 7) is 1.72. The van der Waals surface area contributed by atoms with Crippen molar-refractivity contribution in [1.82, 2.24) is 4.90 Å². The van der Waals surface area contributed by atoms with Crippen molar-refractivity contribution >= 4 is 33.4 Å². The maximum atomic E-state index is 12.4. The summed E-state index contributed by atoms with van der Waals surface area (Å²) < 4.78 is 5.92. The average Bonchev–Trinajstić information content (AvgIpc) is 2.88. The van der Waals surface area contributed by atoms with Crippen LogP contribution >= 0.6 is 15.9 Å². The van der Waals surface area contributed by atoms with Gasteiger partial charge in [0, 0.05) is 50.4 Å². The van der Waals surface area contributed by atoms with Crippen molar-refractivity contribution in [3.05, 3.63) is 28.7 Å². The molecule has 0 radical (unpaired) electrons. The monoisotopic (exact) mass is 368 g/mol. The van der Waals surface area contributed by atoms with Gasteiger partial charge in [-0.1, -0.05) is 22.0 Å². The Hall–Kier alpha value is -1.40. The first-order chi connectivity index (χ1) is 10.5. The van der Waals surface area contributed by atoms with Gasteiger partial charge in [0.1, 0.15) is 0 Å². The maximum Gasteiger partial charge on any atom is 0.227 e. The van der Waals surface area contributed by atoms with Crippen LogP contribution in [0.4, 0.5) is 5.69 Å². The van der Waals surface area contributed by atoms with E-state index in [0.29, 0.717) is 19.7 Å². The Morgan fingerprint density at radius 3 is 2.95 bits per heavy atom. The molecular weight excluding hydrogens is 348 g/mol.